The molecule has 1 fully saturated rings. The van der Waals surface area contributed by atoms with Crippen molar-refractivity contribution in [3.8, 4) is 0 Å². The largest absolute Gasteiger partial charge is 0.464 e. The van der Waals surface area contributed by atoms with Crippen LogP contribution >= 0.6 is 0 Å². The molecule has 1 rings (SSSR count). The van der Waals surface area contributed by atoms with Gasteiger partial charge in [0.1, 0.15) is 0 Å². The molecule has 276 valence electrons. The SMILES string of the molecule is CCOC(=O)C(NC(=O)CN1CCOCCOCCN(CC(=O)NC(C(=O)OCC)C(=O)OCC)CCOCCOCC1)C(=O)OCC. The molecule has 2 amide bonds. The van der Waals surface area contributed by atoms with Crippen LogP contribution in [0.2, 0.25) is 0 Å². The predicted molar refractivity (Wildman–Crippen MR) is 167 cm³/mol. The van der Waals surface area contributed by atoms with Crippen molar-refractivity contribution in [1.29, 1.82) is 0 Å². The first-order valence-electron chi connectivity index (χ1n) is 16.2. The lowest BCUT2D eigenvalue weighted by molar-refractivity contribution is -0.161. The van der Waals surface area contributed by atoms with E-state index in [0.29, 0.717) is 26.2 Å². The summed E-state index contributed by atoms with van der Waals surface area (Å²) in [6, 6.07) is -3.15. The zero-order chi connectivity index (χ0) is 35.6. The first kappa shape index (κ1) is 42.6. The summed E-state index contributed by atoms with van der Waals surface area (Å²) in [6.07, 6.45) is 0. The van der Waals surface area contributed by atoms with E-state index in [0.717, 1.165) is 0 Å². The van der Waals surface area contributed by atoms with Crippen molar-refractivity contribution in [3.05, 3.63) is 0 Å². The van der Waals surface area contributed by atoms with E-state index in [-0.39, 0.29) is 92.4 Å². The van der Waals surface area contributed by atoms with Gasteiger partial charge in [0.15, 0.2) is 0 Å². The fourth-order valence-corrected chi connectivity index (χ4v) is 4.11. The Labute approximate surface area is 281 Å². The molecule has 0 unspecified atom stereocenters. The predicted octanol–water partition coefficient (Wildman–Crippen LogP) is -2.11. The second kappa shape index (κ2) is 26.5. The standard InChI is InChI=1S/C30H52N4O14/c1-5-45-27(37)25(28(38)46-6-2)31-23(35)21-33-9-13-41-17-19-43-15-11-34(12-16-44-20-18-42-14-10-33)22-24(36)32-26(29(39)47-7-3)30(40)48-8-4/h25-26H,5-22H2,1-4H3,(H,31,35)(H,32,36). The van der Waals surface area contributed by atoms with Crippen LogP contribution in [-0.2, 0) is 66.7 Å². The topological polar surface area (TPSA) is 207 Å². The summed E-state index contributed by atoms with van der Waals surface area (Å²) in [4.78, 5) is 77.9. The van der Waals surface area contributed by atoms with E-state index in [2.05, 4.69) is 10.6 Å². The van der Waals surface area contributed by atoms with Gasteiger partial charge in [0.2, 0.25) is 23.9 Å². The van der Waals surface area contributed by atoms with E-state index in [9.17, 15) is 28.8 Å². The molecule has 1 aliphatic rings. The minimum Gasteiger partial charge on any atom is -0.464 e. The van der Waals surface area contributed by atoms with Crippen molar-refractivity contribution < 1.29 is 66.7 Å². The van der Waals surface area contributed by atoms with Gasteiger partial charge in [-0.25, -0.2) is 19.2 Å². The smallest absolute Gasteiger partial charge is 0.340 e. The molecule has 0 aromatic carbocycles. The molecule has 1 saturated heterocycles. The number of nitrogens with zero attached hydrogens (tertiary/aromatic N) is 2. The highest BCUT2D eigenvalue weighted by Crippen LogP contribution is 2.00. The Hall–Kier alpha value is -3.42. The summed E-state index contributed by atoms with van der Waals surface area (Å²) < 4.78 is 42.2. The number of carbonyl (C=O) groups excluding carboxylic acids is 6. The van der Waals surface area contributed by atoms with Crippen molar-refractivity contribution in [1.82, 2.24) is 20.4 Å². The maximum atomic E-state index is 12.8. The lowest BCUT2D eigenvalue weighted by Gasteiger charge is -2.24. The average Bonchev–Trinajstić information content (AvgIpc) is 3.04. The second-order valence-electron chi connectivity index (χ2n) is 10.0. The van der Waals surface area contributed by atoms with Crippen LogP contribution in [0.3, 0.4) is 0 Å². The molecule has 0 saturated carbocycles. The molecular formula is C30H52N4O14. The highest BCUT2D eigenvalue weighted by Gasteiger charge is 2.32. The number of nitrogens with one attached hydrogen (secondary N) is 2. The van der Waals surface area contributed by atoms with Crippen molar-refractivity contribution in [2.75, 3.05) is 119 Å². The number of carbonyl (C=O) groups is 6. The molecule has 0 bridgehead atoms. The molecule has 0 aromatic heterocycles. The van der Waals surface area contributed by atoms with Crippen LogP contribution in [-0.4, -0.2) is 176 Å². The third kappa shape index (κ3) is 18.8. The second-order valence-corrected chi connectivity index (χ2v) is 10.0. The van der Waals surface area contributed by atoms with E-state index < -0.39 is 47.8 Å². The maximum Gasteiger partial charge on any atom is 0.340 e. The molecule has 0 radical (unpaired) electrons. The first-order chi connectivity index (χ1) is 23.2. The molecule has 18 heteroatoms. The fraction of sp³-hybridized carbons (Fsp3) is 0.800. The van der Waals surface area contributed by atoms with Crippen LogP contribution in [0.5, 0.6) is 0 Å². The maximum absolute atomic E-state index is 12.8. The van der Waals surface area contributed by atoms with Gasteiger partial charge in [0, 0.05) is 26.2 Å². The molecule has 0 aliphatic carbocycles. The Kier molecular flexibility index (Phi) is 23.5. The molecule has 2 N–H and O–H groups in total. The number of rotatable bonds is 14. The van der Waals surface area contributed by atoms with Crippen LogP contribution in [0, 0.1) is 0 Å². The quantitative estimate of drug-likeness (QED) is 0.114. The third-order valence-electron chi connectivity index (χ3n) is 6.39. The Morgan fingerprint density at radius 1 is 0.479 bits per heavy atom. The normalized spacial score (nSPS) is 16.6. The van der Waals surface area contributed by atoms with Gasteiger partial charge in [-0.15, -0.1) is 0 Å². The zero-order valence-corrected chi connectivity index (χ0v) is 28.5. The Balaban J connectivity index is 2.68. The zero-order valence-electron chi connectivity index (χ0n) is 28.5. The van der Waals surface area contributed by atoms with Crippen molar-refractivity contribution in [3.63, 3.8) is 0 Å². The van der Waals surface area contributed by atoms with Gasteiger partial charge in [-0.05, 0) is 27.7 Å². The van der Waals surface area contributed by atoms with Gasteiger partial charge in [-0.3, -0.25) is 19.4 Å². The summed E-state index contributed by atoms with van der Waals surface area (Å²) in [5, 5.41) is 4.78. The molecule has 1 aliphatic heterocycles. The van der Waals surface area contributed by atoms with Crippen molar-refractivity contribution in [2.24, 2.45) is 0 Å². The summed E-state index contributed by atoms with van der Waals surface area (Å²) in [7, 11) is 0. The van der Waals surface area contributed by atoms with Crippen LogP contribution in [0.1, 0.15) is 27.7 Å². The Bertz CT molecular complexity index is 853. The summed E-state index contributed by atoms with van der Waals surface area (Å²) in [5.74, 6) is -4.77. The van der Waals surface area contributed by atoms with Crippen LogP contribution in [0.4, 0.5) is 0 Å². The van der Waals surface area contributed by atoms with Gasteiger partial charge in [0.05, 0.1) is 92.4 Å². The average molecular weight is 693 g/mol. The van der Waals surface area contributed by atoms with Gasteiger partial charge in [-0.1, -0.05) is 0 Å². The lowest BCUT2D eigenvalue weighted by Crippen LogP contribution is -2.51. The Morgan fingerprint density at radius 2 is 0.729 bits per heavy atom. The van der Waals surface area contributed by atoms with Crippen molar-refractivity contribution >= 4 is 35.7 Å². The van der Waals surface area contributed by atoms with E-state index in [1.54, 1.807) is 37.5 Å². The number of esters is 4. The molecule has 0 spiro atoms. The summed E-state index contributed by atoms with van der Waals surface area (Å²) >= 11 is 0. The molecule has 0 atom stereocenters. The van der Waals surface area contributed by atoms with E-state index in [1.807, 2.05) is 0 Å². The molecule has 48 heavy (non-hydrogen) atoms. The minimum atomic E-state index is -1.57. The number of ether oxygens (including phenoxy) is 8. The van der Waals surface area contributed by atoms with E-state index in [1.165, 1.54) is 0 Å². The van der Waals surface area contributed by atoms with Crippen LogP contribution < -0.4 is 10.6 Å². The fourth-order valence-electron chi connectivity index (χ4n) is 4.11. The highest BCUT2D eigenvalue weighted by molar-refractivity contribution is 6.03. The van der Waals surface area contributed by atoms with Gasteiger partial charge in [-0.2, -0.15) is 0 Å². The minimum absolute atomic E-state index is 0.0335. The summed E-state index contributed by atoms with van der Waals surface area (Å²) in [5.41, 5.74) is 0. The molecule has 0 aromatic rings. The highest BCUT2D eigenvalue weighted by atomic mass is 16.6. The number of hydrogen-bond donors (Lipinski definition) is 2. The first-order valence-corrected chi connectivity index (χ1v) is 16.2. The van der Waals surface area contributed by atoms with Crippen molar-refractivity contribution in [2.45, 2.75) is 39.8 Å². The van der Waals surface area contributed by atoms with Gasteiger partial charge < -0.3 is 48.5 Å². The van der Waals surface area contributed by atoms with E-state index >= 15 is 0 Å². The van der Waals surface area contributed by atoms with Crippen LogP contribution in [0.15, 0.2) is 0 Å². The van der Waals surface area contributed by atoms with Gasteiger partial charge >= 0.3 is 23.9 Å². The summed E-state index contributed by atoms with van der Waals surface area (Å²) in [6.45, 7) is 9.65. The van der Waals surface area contributed by atoms with Gasteiger partial charge in [0.25, 0.3) is 0 Å². The third-order valence-corrected chi connectivity index (χ3v) is 6.39. The number of amides is 2. The molecule has 18 nitrogen and oxygen atoms in total. The van der Waals surface area contributed by atoms with E-state index in [4.69, 9.17) is 37.9 Å². The van der Waals surface area contributed by atoms with Crippen LogP contribution in [0.25, 0.3) is 0 Å². The Morgan fingerprint density at radius 3 is 0.958 bits per heavy atom. The molecule has 1 heterocycles. The lowest BCUT2D eigenvalue weighted by atomic mass is 10.3. The molecular weight excluding hydrogens is 640 g/mol. The monoisotopic (exact) mass is 692 g/mol. The number of hydrogen-bond acceptors (Lipinski definition) is 16.